The van der Waals surface area contributed by atoms with E-state index in [4.69, 9.17) is 4.74 Å². The maximum atomic E-state index is 12.7. The SMILES string of the molecule is COc1cccc(C(CNC(=O)N2CCN(c3ccccn3)CC2)N(C)C)c1. The van der Waals surface area contributed by atoms with Crippen molar-refractivity contribution < 1.29 is 9.53 Å². The summed E-state index contributed by atoms with van der Waals surface area (Å²) in [4.78, 5) is 23.2. The average molecular weight is 383 g/mol. The summed E-state index contributed by atoms with van der Waals surface area (Å²) in [5, 5.41) is 3.09. The monoisotopic (exact) mass is 383 g/mol. The van der Waals surface area contributed by atoms with Crippen LogP contribution in [0.3, 0.4) is 0 Å². The quantitative estimate of drug-likeness (QED) is 0.829. The lowest BCUT2D eigenvalue weighted by atomic mass is 10.1. The molecule has 0 spiro atoms. The Morgan fingerprint density at radius 3 is 2.61 bits per heavy atom. The van der Waals surface area contributed by atoms with Crippen LogP contribution < -0.4 is 15.0 Å². The third-order valence-electron chi connectivity index (χ3n) is 5.09. The number of nitrogens with one attached hydrogen (secondary N) is 1. The largest absolute Gasteiger partial charge is 0.497 e. The van der Waals surface area contributed by atoms with E-state index in [1.807, 2.05) is 55.4 Å². The number of anilines is 1. The van der Waals surface area contributed by atoms with Gasteiger partial charge in [-0.3, -0.25) is 0 Å². The fourth-order valence-electron chi connectivity index (χ4n) is 3.42. The highest BCUT2D eigenvalue weighted by Gasteiger charge is 2.23. The number of likely N-dealkylation sites (N-methyl/N-ethyl adjacent to an activating group) is 1. The van der Waals surface area contributed by atoms with Crippen molar-refractivity contribution in [1.82, 2.24) is 20.1 Å². The molecule has 1 unspecified atom stereocenters. The van der Waals surface area contributed by atoms with Gasteiger partial charge in [-0.1, -0.05) is 18.2 Å². The molecule has 1 atom stereocenters. The summed E-state index contributed by atoms with van der Waals surface area (Å²) in [6.45, 7) is 3.50. The third-order valence-corrected chi connectivity index (χ3v) is 5.09. The predicted octanol–water partition coefficient (Wildman–Crippen LogP) is 2.22. The fourth-order valence-corrected chi connectivity index (χ4v) is 3.42. The lowest BCUT2D eigenvalue weighted by Crippen LogP contribution is -2.52. The van der Waals surface area contributed by atoms with E-state index in [0.29, 0.717) is 19.6 Å². The molecule has 1 aliphatic rings. The Bertz CT molecular complexity index is 760. The van der Waals surface area contributed by atoms with E-state index in [1.54, 1.807) is 13.3 Å². The third kappa shape index (κ3) is 4.92. The van der Waals surface area contributed by atoms with Crippen LogP contribution in [-0.4, -0.2) is 74.7 Å². The van der Waals surface area contributed by atoms with Crippen molar-refractivity contribution in [2.24, 2.45) is 0 Å². The van der Waals surface area contributed by atoms with Crippen LogP contribution in [0, 0.1) is 0 Å². The number of nitrogens with zero attached hydrogens (tertiary/aromatic N) is 4. The Hall–Kier alpha value is -2.80. The van der Waals surface area contributed by atoms with Crippen LogP contribution in [-0.2, 0) is 0 Å². The summed E-state index contributed by atoms with van der Waals surface area (Å²) in [5.74, 6) is 1.79. The van der Waals surface area contributed by atoms with Crippen molar-refractivity contribution in [2.75, 3.05) is 58.8 Å². The first-order valence-corrected chi connectivity index (χ1v) is 9.57. The molecule has 150 valence electrons. The zero-order chi connectivity index (χ0) is 19.9. The van der Waals surface area contributed by atoms with E-state index in [0.717, 1.165) is 30.2 Å². The molecule has 2 amide bonds. The van der Waals surface area contributed by atoms with Crippen LogP contribution in [0.5, 0.6) is 5.75 Å². The maximum Gasteiger partial charge on any atom is 0.317 e. The lowest BCUT2D eigenvalue weighted by molar-refractivity contribution is 0.189. The molecule has 2 heterocycles. The van der Waals surface area contributed by atoms with Gasteiger partial charge in [0.2, 0.25) is 0 Å². The Labute approximate surface area is 166 Å². The number of methoxy groups -OCH3 is 1. The van der Waals surface area contributed by atoms with Crippen LogP contribution in [0.15, 0.2) is 48.7 Å². The van der Waals surface area contributed by atoms with Crippen LogP contribution in [0.4, 0.5) is 10.6 Å². The van der Waals surface area contributed by atoms with Gasteiger partial charge < -0.3 is 24.8 Å². The first-order chi connectivity index (χ1) is 13.6. The molecule has 0 bridgehead atoms. The van der Waals surface area contributed by atoms with Crippen LogP contribution >= 0.6 is 0 Å². The van der Waals surface area contributed by atoms with E-state index < -0.39 is 0 Å². The van der Waals surface area contributed by atoms with Crippen molar-refractivity contribution in [3.8, 4) is 5.75 Å². The number of amides is 2. The molecule has 3 rings (SSSR count). The molecule has 0 aliphatic carbocycles. The zero-order valence-electron chi connectivity index (χ0n) is 16.8. The molecule has 1 aromatic heterocycles. The van der Waals surface area contributed by atoms with E-state index in [2.05, 4.69) is 26.2 Å². The number of ether oxygens (including phenoxy) is 1. The lowest BCUT2D eigenvalue weighted by Gasteiger charge is -2.36. The van der Waals surface area contributed by atoms with Gasteiger partial charge >= 0.3 is 6.03 Å². The second kappa shape index (κ2) is 9.41. The van der Waals surface area contributed by atoms with Gasteiger partial charge in [-0.25, -0.2) is 9.78 Å². The van der Waals surface area contributed by atoms with Gasteiger partial charge in [0, 0.05) is 38.9 Å². The number of urea groups is 1. The molecule has 1 N–H and O–H groups in total. The number of hydrogen-bond donors (Lipinski definition) is 1. The zero-order valence-corrected chi connectivity index (χ0v) is 16.8. The summed E-state index contributed by atoms with van der Waals surface area (Å²) in [6, 6.07) is 13.9. The minimum absolute atomic E-state index is 0.0181. The molecule has 2 aromatic rings. The maximum absolute atomic E-state index is 12.7. The van der Waals surface area contributed by atoms with Gasteiger partial charge in [0.15, 0.2) is 0 Å². The van der Waals surface area contributed by atoms with Crippen molar-refractivity contribution in [3.63, 3.8) is 0 Å². The number of aromatic nitrogens is 1. The number of rotatable bonds is 6. The van der Waals surface area contributed by atoms with Crippen molar-refractivity contribution in [2.45, 2.75) is 6.04 Å². The van der Waals surface area contributed by atoms with Crippen LogP contribution in [0.2, 0.25) is 0 Å². The van der Waals surface area contributed by atoms with Crippen LogP contribution in [0.25, 0.3) is 0 Å². The molecular formula is C21H29N5O2. The Balaban J connectivity index is 1.54. The topological polar surface area (TPSA) is 60.9 Å². The molecule has 1 fully saturated rings. The number of benzene rings is 1. The van der Waals surface area contributed by atoms with Gasteiger partial charge in [-0.05, 0) is 43.9 Å². The predicted molar refractivity (Wildman–Crippen MR) is 111 cm³/mol. The number of pyridine rings is 1. The van der Waals surface area contributed by atoms with Crippen molar-refractivity contribution in [1.29, 1.82) is 0 Å². The van der Waals surface area contributed by atoms with Gasteiger partial charge in [-0.2, -0.15) is 0 Å². The molecule has 0 radical (unpaired) electrons. The standard InChI is InChI=1S/C21H29N5O2/c1-24(2)19(17-7-6-8-18(15-17)28-3)16-23-21(27)26-13-11-25(12-14-26)20-9-4-5-10-22-20/h4-10,15,19H,11-14,16H2,1-3H3,(H,23,27). The summed E-state index contributed by atoms with van der Waals surface area (Å²) in [6.07, 6.45) is 1.80. The van der Waals surface area contributed by atoms with E-state index in [-0.39, 0.29) is 12.1 Å². The molecule has 1 saturated heterocycles. The fraction of sp³-hybridized carbons (Fsp3) is 0.429. The number of carbonyl (C=O) groups is 1. The van der Waals surface area contributed by atoms with Crippen molar-refractivity contribution in [3.05, 3.63) is 54.2 Å². The molecule has 0 saturated carbocycles. The average Bonchev–Trinajstić information content (AvgIpc) is 2.74. The minimum atomic E-state index is -0.0181. The summed E-state index contributed by atoms with van der Waals surface area (Å²) < 4.78 is 5.33. The smallest absolute Gasteiger partial charge is 0.317 e. The first kappa shape index (κ1) is 19.9. The highest BCUT2D eigenvalue weighted by atomic mass is 16.5. The second-order valence-electron chi connectivity index (χ2n) is 7.10. The van der Waals surface area contributed by atoms with E-state index in [9.17, 15) is 4.79 Å². The minimum Gasteiger partial charge on any atom is -0.497 e. The van der Waals surface area contributed by atoms with Gasteiger partial charge in [0.25, 0.3) is 0 Å². The first-order valence-electron chi connectivity index (χ1n) is 9.57. The second-order valence-corrected chi connectivity index (χ2v) is 7.10. The normalized spacial score (nSPS) is 15.4. The Kier molecular flexibility index (Phi) is 6.71. The van der Waals surface area contributed by atoms with Gasteiger partial charge in [-0.15, -0.1) is 0 Å². The molecule has 1 aliphatic heterocycles. The van der Waals surface area contributed by atoms with Crippen LogP contribution in [0.1, 0.15) is 11.6 Å². The highest BCUT2D eigenvalue weighted by Crippen LogP contribution is 2.22. The van der Waals surface area contributed by atoms with Gasteiger partial charge in [0.1, 0.15) is 11.6 Å². The summed E-state index contributed by atoms with van der Waals surface area (Å²) in [5.41, 5.74) is 1.12. The highest BCUT2D eigenvalue weighted by molar-refractivity contribution is 5.74. The van der Waals surface area contributed by atoms with E-state index in [1.165, 1.54) is 0 Å². The molecule has 7 nitrogen and oxygen atoms in total. The molecule has 1 aromatic carbocycles. The molecular weight excluding hydrogens is 354 g/mol. The van der Waals surface area contributed by atoms with E-state index >= 15 is 0 Å². The number of carbonyl (C=O) groups excluding carboxylic acids is 1. The Morgan fingerprint density at radius 1 is 1.18 bits per heavy atom. The van der Waals surface area contributed by atoms with Crippen molar-refractivity contribution >= 4 is 11.8 Å². The number of hydrogen-bond acceptors (Lipinski definition) is 5. The summed E-state index contributed by atoms with van der Waals surface area (Å²) >= 11 is 0. The number of piperazine rings is 1. The summed E-state index contributed by atoms with van der Waals surface area (Å²) in [7, 11) is 5.69. The molecule has 7 heteroatoms. The Morgan fingerprint density at radius 2 is 1.96 bits per heavy atom. The van der Waals surface area contributed by atoms with Gasteiger partial charge in [0.05, 0.1) is 13.2 Å². The molecule has 28 heavy (non-hydrogen) atoms.